The first-order valence-corrected chi connectivity index (χ1v) is 4.56. The third kappa shape index (κ3) is 3.17. The minimum Gasteiger partial charge on any atom is -0.323 e. The van der Waals surface area contributed by atoms with Crippen LogP contribution in [-0.4, -0.2) is 25.5 Å². The normalized spacial score (nSPS) is 13.3. The number of nitrogens with zero attached hydrogens (tertiary/aromatic N) is 1. The summed E-state index contributed by atoms with van der Waals surface area (Å²) in [7, 11) is 4.07. The van der Waals surface area contributed by atoms with Gasteiger partial charge in [-0.15, -0.1) is 0 Å². The van der Waals surface area contributed by atoms with Gasteiger partial charge in [-0.3, -0.25) is 0 Å². The van der Waals surface area contributed by atoms with E-state index in [4.69, 9.17) is 5.73 Å². The van der Waals surface area contributed by atoms with Crippen LogP contribution in [0.1, 0.15) is 17.2 Å². The van der Waals surface area contributed by atoms with Gasteiger partial charge in [0.25, 0.3) is 0 Å². The van der Waals surface area contributed by atoms with Crippen molar-refractivity contribution in [2.45, 2.75) is 13.0 Å². The van der Waals surface area contributed by atoms with Gasteiger partial charge in [0.15, 0.2) is 0 Å². The Hall–Kier alpha value is -0.860. The van der Waals surface area contributed by atoms with Crippen molar-refractivity contribution < 1.29 is 0 Å². The Bertz CT molecular complexity index is 251. The van der Waals surface area contributed by atoms with Crippen LogP contribution in [0.2, 0.25) is 0 Å². The zero-order valence-corrected chi connectivity index (χ0v) is 8.62. The van der Waals surface area contributed by atoms with E-state index in [1.54, 1.807) is 0 Å². The Balaban J connectivity index is 2.66. The van der Waals surface area contributed by atoms with Gasteiger partial charge < -0.3 is 10.6 Å². The summed E-state index contributed by atoms with van der Waals surface area (Å²) in [5, 5.41) is 0. The number of likely N-dealkylation sites (N-methyl/N-ethyl adjacent to an activating group) is 1. The maximum absolute atomic E-state index is 6.00. The molecule has 1 aromatic rings. The first-order valence-electron chi connectivity index (χ1n) is 4.56. The van der Waals surface area contributed by atoms with E-state index in [9.17, 15) is 0 Å². The SMILES string of the molecule is Cc1ccc(C(N)CN(C)C)cc1. The van der Waals surface area contributed by atoms with Crippen LogP contribution >= 0.6 is 0 Å². The van der Waals surface area contributed by atoms with Crippen LogP contribution in [0.5, 0.6) is 0 Å². The van der Waals surface area contributed by atoms with Gasteiger partial charge in [0.05, 0.1) is 0 Å². The van der Waals surface area contributed by atoms with Gasteiger partial charge in [-0.1, -0.05) is 29.8 Å². The molecule has 2 heteroatoms. The predicted octanol–water partition coefficient (Wildman–Crippen LogP) is 1.56. The molecule has 0 aliphatic rings. The molecule has 0 spiro atoms. The minimum absolute atomic E-state index is 0.121. The molecule has 0 aromatic heterocycles. The van der Waals surface area contributed by atoms with Crippen molar-refractivity contribution in [3.63, 3.8) is 0 Å². The topological polar surface area (TPSA) is 29.3 Å². The zero-order chi connectivity index (χ0) is 9.84. The molecule has 0 aliphatic heterocycles. The van der Waals surface area contributed by atoms with Crippen molar-refractivity contribution in [3.05, 3.63) is 35.4 Å². The number of hydrogen-bond donors (Lipinski definition) is 1. The first-order chi connectivity index (χ1) is 6.09. The largest absolute Gasteiger partial charge is 0.323 e. The molecule has 0 bridgehead atoms. The maximum atomic E-state index is 6.00. The van der Waals surface area contributed by atoms with E-state index in [2.05, 4.69) is 36.1 Å². The van der Waals surface area contributed by atoms with Crippen LogP contribution in [0.3, 0.4) is 0 Å². The highest BCUT2D eigenvalue weighted by atomic mass is 15.1. The van der Waals surface area contributed by atoms with Gasteiger partial charge in [-0.05, 0) is 26.6 Å². The summed E-state index contributed by atoms with van der Waals surface area (Å²) in [6.45, 7) is 2.98. The summed E-state index contributed by atoms with van der Waals surface area (Å²) in [6.07, 6.45) is 0. The highest BCUT2D eigenvalue weighted by Crippen LogP contribution is 2.11. The molecule has 1 atom stereocenters. The molecular weight excluding hydrogens is 160 g/mol. The van der Waals surface area contributed by atoms with Crippen LogP contribution in [0, 0.1) is 6.92 Å². The molecule has 0 fully saturated rings. The second-order valence-electron chi connectivity index (χ2n) is 3.78. The van der Waals surface area contributed by atoms with E-state index in [-0.39, 0.29) is 6.04 Å². The highest BCUT2D eigenvalue weighted by Gasteiger charge is 2.05. The molecule has 0 amide bonds. The lowest BCUT2D eigenvalue weighted by Crippen LogP contribution is -2.25. The number of rotatable bonds is 3. The Kier molecular flexibility index (Phi) is 3.46. The number of hydrogen-bond acceptors (Lipinski definition) is 2. The maximum Gasteiger partial charge on any atom is 0.0424 e. The third-order valence-corrected chi connectivity index (χ3v) is 2.07. The van der Waals surface area contributed by atoms with Crippen LogP contribution in [0.15, 0.2) is 24.3 Å². The van der Waals surface area contributed by atoms with Gasteiger partial charge in [-0.25, -0.2) is 0 Å². The molecule has 0 saturated heterocycles. The summed E-state index contributed by atoms with van der Waals surface area (Å²) in [5.41, 5.74) is 8.49. The average Bonchev–Trinajstić information content (AvgIpc) is 2.04. The lowest BCUT2D eigenvalue weighted by molar-refractivity contribution is 0.376. The van der Waals surface area contributed by atoms with Crippen LogP contribution < -0.4 is 5.73 Å². The van der Waals surface area contributed by atoms with Crippen LogP contribution in [0.4, 0.5) is 0 Å². The fourth-order valence-corrected chi connectivity index (χ4v) is 1.31. The smallest absolute Gasteiger partial charge is 0.0424 e. The van der Waals surface area contributed by atoms with E-state index < -0.39 is 0 Å². The van der Waals surface area contributed by atoms with Gasteiger partial charge in [0.1, 0.15) is 0 Å². The summed E-state index contributed by atoms with van der Waals surface area (Å²) < 4.78 is 0. The second-order valence-corrected chi connectivity index (χ2v) is 3.78. The molecule has 2 nitrogen and oxygen atoms in total. The third-order valence-electron chi connectivity index (χ3n) is 2.07. The molecule has 2 N–H and O–H groups in total. The molecule has 1 aromatic carbocycles. The fourth-order valence-electron chi connectivity index (χ4n) is 1.31. The standard InChI is InChI=1S/C11H18N2/c1-9-4-6-10(7-5-9)11(12)8-13(2)3/h4-7,11H,8,12H2,1-3H3. The van der Waals surface area contributed by atoms with E-state index in [0.29, 0.717) is 0 Å². The van der Waals surface area contributed by atoms with E-state index >= 15 is 0 Å². The van der Waals surface area contributed by atoms with Gasteiger partial charge in [0.2, 0.25) is 0 Å². The van der Waals surface area contributed by atoms with Gasteiger partial charge in [-0.2, -0.15) is 0 Å². The molecule has 1 unspecified atom stereocenters. The highest BCUT2D eigenvalue weighted by molar-refractivity contribution is 5.23. The molecular formula is C11H18N2. The number of nitrogens with two attached hydrogens (primary N) is 1. The molecule has 0 heterocycles. The van der Waals surface area contributed by atoms with Crippen molar-refractivity contribution in [1.82, 2.24) is 4.90 Å². The first kappa shape index (κ1) is 10.2. The monoisotopic (exact) mass is 178 g/mol. The number of aryl methyl sites for hydroxylation is 1. The van der Waals surface area contributed by atoms with Gasteiger partial charge >= 0.3 is 0 Å². The van der Waals surface area contributed by atoms with Crippen molar-refractivity contribution >= 4 is 0 Å². The van der Waals surface area contributed by atoms with Gasteiger partial charge in [0, 0.05) is 12.6 Å². The van der Waals surface area contributed by atoms with Crippen LogP contribution in [0.25, 0.3) is 0 Å². The summed E-state index contributed by atoms with van der Waals surface area (Å²) >= 11 is 0. The quantitative estimate of drug-likeness (QED) is 0.761. The lowest BCUT2D eigenvalue weighted by Gasteiger charge is -2.17. The lowest BCUT2D eigenvalue weighted by atomic mass is 10.1. The summed E-state index contributed by atoms with van der Waals surface area (Å²) in [5.74, 6) is 0. The van der Waals surface area contributed by atoms with E-state index in [1.165, 1.54) is 11.1 Å². The molecule has 0 saturated carbocycles. The fraction of sp³-hybridized carbons (Fsp3) is 0.455. The molecule has 13 heavy (non-hydrogen) atoms. The Morgan fingerprint density at radius 2 is 1.77 bits per heavy atom. The molecule has 0 aliphatic carbocycles. The van der Waals surface area contributed by atoms with Crippen LogP contribution in [-0.2, 0) is 0 Å². The molecule has 72 valence electrons. The molecule has 1 rings (SSSR count). The molecule has 0 radical (unpaired) electrons. The van der Waals surface area contributed by atoms with E-state index in [0.717, 1.165) is 6.54 Å². The Morgan fingerprint density at radius 3 is 2.23 bits per heavy atom. The van der Waals surface area contributed by atoms with Crippen molar-refractivity contribution in [3.8, 4) is 0 Å². The average molecular weight is 178 g/mol. The summed E-state index contributed by atoms with van der Waals surface area (Å²) in [4.78, 5) is 2.10. The summed E-state index contributed by atoms with van der Waals surface area (Å²) in [6, 6.07) is 8.53. The predicted molar refractivity (Wildman–Crippen MR) is 56.7 cm³/mol. The Labute approximate surface area is 80.4 Å². The number of benzene rings is 1. The Morgan fingerprint density at radius 1 is 1.23 bits per heavy atom. The minimum atomic E-state index is 0.121. The zero-order valence-electron chi connectivity index (χ0n) is 8.62. The second kappa shape index (κ2) is 4.40. The van der Waals surface area contributed by atoms with E-state index in [1.807, 2.05) is 14.1 Å². The van der Waals surface area contributed by atoms with Crippen molar-refractivity contribution in [1.29, 1.82) is 0 Å². The van der Waals surface area contributed by atoms with Crippen molar-refractivity contribution in [2.24, 2.45) is 5.73 Å². The van der Waals surface area contributed by atoms with Crippen molar-refractivity contribution in [2.75, 3.05) is 20.6 Å².